The van der Waals surface area contributed by atoms with Gasteiger partial charge < -0.3 is 11.1 Å². The van der Waals surface area contributed by atoms with Crippen molar-refractivity contribution in [2.45, 2.75) is 37.3 Å². The number of rotatable bonds is 5. The molecule has 194 valence electrons. The summed E-state index contributed by atoms with van der Waals surface area (Å²) in [5.41, 5.74) is 4.65. The summed E-state index contributed by atoms with van der Waals surface area (Å²) < 4.78 is 89.5. The minimum Gasteiger partial charge on any atom is -0.383 e. The fraction of sp³-hybridized carbons (Fsp3) is 0.400. The molecule has 4 aromatic rings. The Morgan fingerprint density at radius 3 is 2.62 bits per heavy atom. The third kappa shape index (κ3) is 3.72. The average Bonchev–Trinajstić information content (AvgIpc) is 3.54. The van der Waals surface area contributed by atoms with Crippen LogP contribution in [0, 0.1) is 0 Å². The van der Waals surface area contributed by atoms with Crippen LogP contribution in [-0.2, 0) is 30.7 Å². The third-order valence-electron chi connectivity index (χ3n) is 6.06. The number of aryl methyl sites for hydroxylation is 3. The van der Waals surface area contributed by atoms with Crippen molar-refractivity contribution in [3.63, 3.8) is 0 Å². The molecule has 4 aromatic heterocycles. The molecule has 12 nitrogen and oxygen atoms in total. The topological polar surface area (TPSA) is 155 Å². The molecule has 0 aromatic carbocycles. The molecule has 0 saturated heterocycles. The van der Waals surface area contributed by atoms with Gasteiger partial charge in [-0.25, -0.2) is 19.9 Å². The quantitative estimate of drug-likeness (QED) is 0.371. The maximum absolute atomic E-state index is 13.6. The summed E-state index contributed by atoms with van der Waals surface area (Å²) in [4.78, 5) is 29.8. The molecule has 0 fully saturated rings. The largest absolute Gasteiger partial charge is 0.453 e. The van der Waals surface area contributed by atoms with Crippen molar-refractivity contribution in [2.75, 3.05) is 11.1 Å². The zero-order valence-electron chi connectivity index (χ0n) is 22.0. The summed E-state index contributed by atoms with van der Waals surface area (Å²) in [5, 5.41) is 14.2. The number of carbonyl (C=O) groups is 1. The van der Waals surface area contributed by atoms with Crippen LogP contribution in [-0.4, -0.2) is 62.7 Å². The molecule has 5 rings (SSSR count). The van der Waals surface area contributed by atoms with Crippen molar-refractivity contribution in [3.8, 4) is 11.5 Å². The van der Waals surface area contributed by atoms with Crippen LogP contribution >= 0.6 is 0 Å². The lowest BCUT2D eigenvalue weighted by Gasteiger charge is -2.20. The van der Waals surface area contributed by atoms with E-state index in [2.05, 4.69) is 40.7 Å². The molecule has 1 atom stereocenters. The van der Waals surface area contributed by atoms with Gasteiger partial charge in [0.25, 0.3) is 0 Å². The van der Waals surface area contributed by atoms with Crippen LogP contribution in [0.15, 0.2) is 12.4 Å². The molecule has 0 spiro atoms. The van der Waals surface area contributed by atoms with Crippen LogP contribution < -0.4 is 11.1 Å². The molecule has 1 unspecified atom stereocenters. The first-order valence-electron chi connectivity index (χ1n) is 12.0. The van der Waals surface area contributed by atoms with Crippen molar-refractivity contribution in [3.05, 3.63) is 29.5 Å². The Kier molecular flexibility index (Phi) is 4.42. The lowest BCUT2D eigenvalue weighted by atomic mass is 9.81. The lowest BCUT2D eigenvalue weighted by molar-refractivity contribution is -0.284. The van der Waals surface area contributed by atoms with E-state index in [9.17, 15) is 26.7 Å². The van der Waals surface area contributed by atoms with Gasteiger partial charge in [0.1, 0.15) is 34.3 Å². The molecular weight excluding hydrogens is 505 g/mol. The average molecular weight is 526 g/mol. The van der Waals surface area contributed by atoms with E-state index in [4.69, 9.17) is 9.85 Å². The highest BCUT2D eigenvalue weighted by atomic mass is 19.4. The minimum absolute atomic E-state index is 0.0486. The highest BCUT2D eigenvalue weighted by Crippen LogP contribution is 2.44. The van der Waals surface area contributed by atoms with Crippen molar-refractivity contribution in [1.29, 1.82) is 0 Å². The van der Waals surface area contributed by atoms with Gasteiger partial charge in [0, 0.05) is 37.2 Å². The van der Waals surface area contributed by atoms with Crippen molar-refractivity contribution >= 4 is 28.6 Å². The smallest absolute Gasteiger partial charge is 0.383 e. The second kappa shape index (κ2) is 7.84. The normalized spacial score (nSPS) is 19.4. The molecular formula is C20H18F5N11O. The Hall–Kier alpha value is -4.31. The Balaban J connectivity index is 1.59. The monoisotopic (exact) mass is 526 g/mol. The number of alkyl halides is 5. The Bertz CT molecular complexity index is 1670. The summed E-state index contributed by atoms with van der Waals surface area (Å²) in [7, 11) is 1.48. The molecule has 1 aliphatic heterocycles. The molecule has 0 aliphatic carbocycles. The van der Waals surface area contributed by atoms with Gasteiger partial charge in [-0.2, -0.15) is 27.1 Å². The van der Waals surface area contributed by atoms with E-state index in [1.807, 2.05) is 0 Å². The predicted molar refractivity (Wildman–Crippen MR) is 117 cm³/mol. The first-order chi connectivity index (χ1) is 18.4. The zero-order valence-corrected chi connectivity index (χ0v) is 19.0. The van der Waals surface area contributed by atoms with Gasteiger partial charge in [-0.15, -0.1) is 5.10 Å². The molecule has 3 N–H and O–H groups in total. The lowest BCUT2D eigenvalue weighted by Crippen LogP contribution is -2.36. The molecule has 37 heavy (non-hydrogen) atoms. The van der Waals surface area contributed by atoms with Crippen LogP contribution in [0.2, 0.25) is 0 Å². The highest BCUT2D eigenvalue weighted by molar-refractivity contribution is 6.09. The second-order valence-corrected chi connectivity index (χ2v) is 8.48. The van der Waals surface area contributed by atoms with Crippen molar-refractivity contribution in [1.82, 2.24) is 44.7 Å². The molecule has 1 aliphatic rings. The maximum atomic E-state index is 13.6. The first kappa shape index (κ1) is 20.8. The number of hydrogen-bond donors (Lipinski definition) is 2. The number of carbonyl (C=O) groups excluding carboxylic acids is 1. The van der Waals surface area contributed by atoms with E-state index < -0.39 is 43.2 Å². The number of nitrogens with two attached hydrogens (primary N) is 1. The van der Waals surface area contributed by atoms with Gasteiger partial charge in [-0.3, -0.25) is 14.2 Å². The Morgan fingerprint density at radius 1 is 1.19 bits per heavy atom. The van der Waals surface area contributed by atoms with Gasteiger partial charge in [0.15, 0.2) is 11.5 Å². The number of halogens is 5. The third-order valence-corrected chi connectivity index (χ3v) is 6.06. The second-order valence-electron chi connectivity index (χ2n) is 8.48. The molecule has 17 heteroatoms. The molecule has 0 radical (unpaired) electrons. The number of aromatic nitrogens is 9. The minimum atomic E-state index is -5.75. The van der Waals surface area contributed by atoms with E-state index in [-0.39, 0.29) is 51.3 Å². The number of anilines is 2. The van der Waals surface area contributed by atoms with Crippen molar-refractivity contribution < 1.29 is 30.9 Å². The van der Waals surface area contributed by atoms with E-state index in [0.29, 0.717) is 4.68 Å². The zero-order chi connectivity index (χ0) is 29.4. The summed E-state index contributed by atoms with van der Waals surface area (Å²) in [6.45, 7) is -1.24. The van der Waals surface area contributed by atoms with E-state index >= 15 is 0 Å². The van der Waals surface area contributed by atoms with Gasteiger partial charge in [0.05, 0.1) is 17.1 Å². The molecule has 5 heterocycles. The standard InChI is InChI=1S/C20H18F5N11O/c1-18(9-7-35(2)34-33-9)11-13(26)30-15(31-14(11)32-17(18)37)12-8-6-27-36(3)16(8)29-10(28-12)4-5-19(21,22)20(23,24)25/h6-7H,4-5H2,1-3H3,(H3,26,30,31,32,37)/i2D3. The molecule has 0 bridgehead atoms. The Labute approximate surface area is 208 Å². The van der Waals surface area contributed by atoms with Crippen LogP contribution in [0.4, 0.5) is 33.6 Å². The van der Waals surface area contributed by atoms with Crippen LogP contribution in [0.3, 0.4) is 0 Å². The number of fused-ring (bicyclic) bond motifs is 2. The SMILES string of the molecule is [2H]C([2H])([2H])n1cc(C2(C)C(=O)Nc3nc(-c4nc(CCC(F)(F)C(F)(F)F)nc5c4cnn5C)nc(N)c32)nn1. The highest BCUT2D eigenvalue weighted by Gasteiger charge is 2.56. The van der Waals surface area contributed by atoms with Crippen LogP contribution in [0.1, 0.15) is 34.5 Å². The van der Waals surface area contributed by atoms with Gasteiger partial charge in [-0.05, 0) is 6.92 Å². The summed E-state index contributed by atoms with van der Waals surface area (Å²) in [5.74, 6) is -6.49. The summed E-state index contributed by atoms with van der Waals surface area (Å²) in [6.07, 6.45) is -5.79. The van der Waals surface area contributed by atoms with Gasteiger partial charge >= 0.3 is 12.1 Å². The fourth-order valence-corrected chi connectivity index (χ4v) is 4.01. The van der Waals surface area contributed by atoms with E-state index in [1.54, 1.807) is 0 Å². The number of nitrogens with one attached hydrogen (secondary N) is 1. The van der Waals surface area contributed by atoms with Crippen LogP contribution in [0.25, 0.3) is 22.6 Å². The van der Waals surface area contributed by atoms with Gasteiger partial charge in [0.2, 0.25) is 5.91 Å². The van der Waals surface area contributed by atoms with E-state index in [1.165, 1.54) is 24.9 Å². The summed E-state index contributed by atoms with van der Waals surface area (Å²) in [6, 6.07) is 0. The number of hydrogen-bond acceptors (Lipinski definition) is 9. The predicted octanol–water partition coefficient (Wildman–Crippen LogP) is 1.92. The van der Waals surface area contributed by atoms with Crippen LogP contribution in [0.5, 0.6) is 0 Å². The Morgan fingerprint density at radius 2 is 1.95 bits per heavy atom. The maximum Gasteiger partial charge on any atom is 0.453 e. The number of amides is 1. The van der Waals surface area contributed by atoms with Gasteiger partial charge in [-0.1, -0.05) is 5.21 Å². The molecule has 0 saturated carbocycles. The number of nitrogen functional groups attached to an aromatic ring is 1. The van der Waals surface area contributed by atoms with E-state index in [0.717, 1.165) is 6.20 Å². The summed E-state index contributed by atoms with van der Waals surface area (Å²) >= 11 is 0. The molecule has 1 amide bonds. The first-order valence-corrected chi connectivity index (χ1v) is 10.5. The van der Waals surface area contributed by atoms with Crippen molar-refractivity contribution in [2.24, 2.45) is 14.0 Å². The fourth-order valence-electron chi connectivity index (χ4n) is 4.01. The number of nitrogens with zero attached hydrogens (tertiary/aromatic N) is 9.